The highest BCUT2D eigenvalue weighted by Gasteiger charge is 2.01. The zero-order valence-corrected chi connectivity index (χ0v) is 13.3. The van der Waals surface area contributed by atoms with Gasteiger partial charge in [-0.05, 0) is 54.1 Å². The normalized spacial score (nSPS) is 9.68. The van der Waals surface area contributed by atoms with Gasteiger partial charge in [0.1, 0.15) is 29.9 Å². The molecular weight excluding hydrogens is 312 g/mol. The highest BCUT2D eigenvalue weighted by molar-refractivity contribution is 5.57. The molecule has 0 fully saturated rings. The van der Waals surface area contributed by atoms with Crippen molar-refractivity contribution in [1.82, 2.24) is 4.98 Å². The van der Waals surface area contributed by atoms with Gasteiger partial charge in [0.15, 0.2) is 0 Å². The van der Waals surface area contributed by atoms with Gasteiger partial charge in [-0.2, -0.15) is 10.5 Å². The van der Waals surface area contributed by atoms with Gasteiger partial charge in [-0.1, -0.05) is 18.2 Å². The summed E-state index contributed by atoms with van der Waals surface area (Å²) in [7, 11) is 0. The minimum Gasteiger partial charge on any atom is -0.489 e. The van der Waals surface area contributed by atoms with E-state index in [-0.39, 0.29) is 0 Å². The van der Waals surface area contributed by atoms with Crippen LogP contribution in [0.2, 0.25) is 0 Å². The number of benzene rings is 2. The zero-order valence-electron chi connectivity index (χ0n) is 13.3. The van der Waals surface area contributed by atoms with Crippen molar-refractivity contribution in [2.24, 2.45) is 0 Å². The number of nitrogens with one attached hydrogen (secondary N) is 1. The van der Waals surface area contributed by atoms with Crippen LogP contribution in [0.5, 0.6) is 5.75 Å². The monoisotopic (exact) mass is 326 g/mol. The summed E-state index contributed by atoms with van der Waals surface area (Å²) in [5.74, 6) is 1.34. The van der Waals surface area contributed by atoms with Crippen LogP contribution < -0.4 is 10.1 Å². The maximum Gasteiger partial charge on any atom is 0.142 e. The summed E-state index contributed by atoms with van der Waals surface area (Å²) >= 11 is 0. The van der Waals surface area contributed by atoms with Gasteiger partial charge < -0.3 is 10.1 Å². The van der Waals surface area contributed by atoms with Crippen LogP contribution in [0, 0.1) is 22.7 Å². The number of nitriles is 2. The van der Waals surface area contributed by atoms with Crippen LogP contribution >= 0.6 is 0 Å². The highest BCUT2D eigenvalue weighted by Crippen LogP contribution is 2.20. The van der Waals surface area contributed by atoms with E-state index in [1.54, 1.807) is 24.3 Å². The summed E-state index contributed by atoms with van der Waals surface area (Å²) < 4.78 is 5.74. The summed E-state index contributed by atoms with van der Waals surface area (Å²) in [4.78, 5) is 4.17. The summed E-state index contributed by atoms with van der Waals surface area (Å²) in [5, 5.41) is 20.9. The molecule has 0 bridgehead atoms. The van der Waals surface area contributed by atoms with E-state index in [4.69, 9.17) is 15.3 Å². The molecule has 0 saturated heterocycles. The third-order valence-corrected chi connectivity index (χ3v) is 3.45. The van der Waals surface area contributed by atoms with E-state index in [1.165, 1.54) is 0 Å². The number of hydrogen-bond donors (Lipinski definition) is 1. The Hall–Kier alpha value is -3.83. The molecule has 25 heavy (non-hydrogen) atoms. The standard InChI is InChI=1S/C20H14N4O/c21-12-15-3-1-4-16(11-15)14-25-19-9-7-17(8-10-19)23-20-6-2-5-18(13-22)24-20/h1-11H,14H2,(H,23,24). The molecule has 5 heteroatoms. The quantitative estimate of drug-likeness (QED) is 0.761. The van der Waals surface area contributed by atoms with E-state index >= 15 is 0 Å². The van der Waals surface area contributed by atoms with Crippen LogP contribution in [0.3, 0.4) is 0 Å². The first-order chi connectivity index (χ1) is 12.3. The van der Waals surface area contributed by atoms with Crippen molar-refractivity contribution in [2.75, 3.05) is 5.32 Å². The zero-order chi connectivity index (χ0) is 17.5. The van der Waals surface area contributed by atoms with Crippen molar-refractivity contribution in [3.05, 3.63) is 83.6 Å². The van der Waals surface area contributed by atoms with Crippen molar-refractivity contribution in [3.8, 4) is 17.9 Å². The number of anilines is 2. The van der Waals surface area contributed by atoms with Crippen LogP contribution in [0.25, 0.3) is 0 Å². The molecule has 1 heterocycles. The minimum atomic E-state index is 0.365. The molecule has 2 aromatic carbocycles. The lowest BCUT2D eigenvalue weighted by atomic mass is 10.1. The molecule has 0 amide bonds. The second-order valence-electron chi connectivity index (χ2n) is 5.27. The molecule has 1 N–H and O–H groups in total. The van der Waals surface area contributed by atoms with E-state index in [1.807, 2.05) is 48.5 Å². The molecule has 0 saturated carbocycles. The fourth-order valence-electron chi connectivity index (χ4n) is 2.25. The topological polar surface area (TPSA) is 81.7 Å². The van der Waals surface area contributed by atoms with Gasteiger partial charge in [-0.25, -0.2) is 4.98 Å². The first-order valence-electron chi connectivity index (χ1n) is 7.63. The van der Waals surface area contributed by atoms with E-state index in [9.17, 15) is 0 Å². The number of aromatic nitrogens is 1. The Bertz CT molecular complexity index is 952. The molecule has 0 spiro atoms. The SMILES string of the molecule is N#Cc1cccc(COc2ccc(Nc3cccc(C#N)n3)cc2)c1. The third-order valence-electron chi connectivity index (χ3n) is 3.45. The highest BCUT2D eigenvalue weighted by atomic mass is 16.5. The molecule has 0 atom stereocenters. The molecule has 3 aromatic rings. The molecular formula is C20H14N4O. The molecule has 0 aliphatic carbocycles. The lowest BCUT2D eigenvalue weighted by Crippen LogP contribution is -1.97. The molecule has 5 nitrogen and oxygen atoms in total. The molecule has 1 aromatic heterocycles. The van der Waals surface area contributed by atoms with Gasteiger partial charge in [0.25, 0.3) is 0 Å². The first kappa shape index (κ1) is 16.0. The molecule has 0 unspecified atom stereocenters. The fraction of sp³-hybridized carbons (Fsp3) is 0.0500. The molecule has 0 aliphatic rings. The largest absolute Gasteiger partial charge is 0.489 e. The van der Waals surface area contributed by atoms with Crippen LogP contribution in [0.1, 0.15) is 16.8 Å². The first-order valence-corrected chi connectivity index (χ1v) is 7.63. The van der Waals surface area contributed by atoms with E-state index < -0.39 is 0 Å². The summed E-state index contributed by atoms with van der Waals surface area (Å²) in [6.07, 6.45) is 0. The molecule has 120 valence electrons. The van der Waals surface area contributed by atoms with Crippen LogP contribution in [0.4, 0.5) is 11.5 Å². The Balaban J connectivity index is 1.62. The predicted molar refractivity (Wildman–Crippen MR) is 94.2 cm³/mol. The number of ether oxygens (including phenoxy) is 1. The second kappa shape index (κ2) is 7.63. The van der Waals surface area contributed by atoms with Crippen LogP contribution in [-0.2, 0) is 6.61 Å². The van der Waals surface area contributed by atoms with E-state index in [0.717, 1.165) is 17.0 Å². The predicted octanol–water partition coefficient (Wildman–Crippen LogP) is 4.15. The smallest absolute Gasteiger partial charge is 0.142 e. The fourth-order valence-corrected chi connectivity index (χ4v) is 2.25. The van der Waals surface area contributed by atoms with Crippen LogP contribution in [-0.4, -0.2) is 4.98 Å². The van der Waals surface area contributed by atoms with Gasteiger partial charge >= 0.3 is 0 Å². The summed E-state index contributed by atoms with van der Waals surface area (Å²) in [6.45, 7) is 0.397. The lowest BCUT2D eigenvalue weighted by Gasteiger charge is -2.09. The van der Waals surface area contributed by atoms with Gasteiger partial charge in [-0.15, -0.1) is 0 Å². The van der Waals surface area contributed by atoms with Crippen LogP contribution in [0.15, 0.2) is 66.7 Å². The van der Waals surface area contributed by atoms with Crippen molar-refractivity contribution in [1.29, 1.82) is 10.5 Å². The Morgan fingerprint density at radius 3 is 2.48 bits per heavy atom. The Kier molecular flexibility index (Phi) is 4.90. The molecule has 0 aliphatic heterocycles. The summed E-state index contributed by atoms with van der Waals surface area (Å²) in [6, 6.07) is 24.2. The minimum absolute atomic E-state index is 0.365. The van der Waals surface area contributed by atoms with Crippen molar-refractivity contribution >= 4 is 11.5 Å². The van der Waals surface area contributed by atoms with Crippen molar-refractivity contribution in [2.45, 2.75) is 6.61 Å². The Labute approximate surface area is 145 Å². The second-order valence-corrected chi connectivity index (χ2v) is 5.27. The molecule has 3 rings (SSSR count). The van der Waals surface area contributed by atoms with Gasteiger partial charge in [-0.3, -0.25) is 0 Å². The van der Waals surface area contributed by atoms with E-state index in [0.29, 0.717) is 23.7 Å². The Morgan fingerprint density at radius 2 is 1.72 bits per heavy atom. The average Bonchev–Trinajstić information content (AvgIpc) is 2.68. The average molecular weight is 326 g/mol. The maximum atomic E-state index is 8.91. The Morgan fingerprint density at radius 1 is 0.920 bits per heavy atom. The summed E-state index contributed by atoms with van der Waals surface area (Å²) in [5.41, 5.74) is 2.78. The lowest BCUT2D eigenvalue weighted by molar-refractivity contribution is 0.306. The molecule has 0 radical (unpaired) electrons. The number of rotatable bonds is 5. The maximum absolute atomic E-state index is 8.91. The number of pyridine rings is 1. The van der Waals surface area contributed by atoms with Gasteiger partial charge in [0.2, 0.25) is 0 Å². The number of nitrogens with zero attached hydrogens (tertiary/aromatic N) is 3. The van der Waals surface area contributed by atoms with Crippen molar-refractivity contribution in [3.63, 3.8) is 0 Å². The third kappa shape index (κ3) is 4.34. The van der Waals surface area contributed by atoms with Gasteiger partial charge in [0.05, 0.1) is 11.6 Å². The van der Waals surface area contributed by atoms with Gasteiger partial charge in [0, 0.05) is 5.69 Å². The van der Waals surface area contributed by atoms with E-state index in [2.05, 4.69) is 16.4 Å². The van der Waals surface area contributed by atoms with Crippen molar-refractivity contribution < 1.29 is 4.74 Å². The number of hydrogen-bond acceptors (Lipinski definition) is 5.